The fourth-order valence-electron chi connectivity index (χ4n) is 2.74. The van der Waals surface area contributed by atoms with Crippen molar-refractivity contribution in [3.8, 4) is 5.88 Å². The molecule has 1 aromatic rings. The highest BCUT2D eigenvalue weighted by Gasteiger charge is 2.28. The lowest BCUT2D eigenvalue weighted by Crippen LogP contribution is -2.49. The van der Waals surface area contributed by atoms with E-state index in [-0.39, 0.29) is 11.9 Å². The molecular weight excluding hydrogens is 344 g/mol. The molecular formula is C17H25ClN4O3. The molecule has 1 aliphatic heterocycles. The zero-order valence-corrected chi connectivity index (χ0v) is 15.5. The number of rotatable bonds is 6. The van der Waals surface area contributed by atoms with Gasteiger partial charge in [-0.15, -0.1) is 0 Å². The molecule has 1 atom stereocenters. The lowest BCUT2D eigenvalue weighted by atomic mass is 9.98. The zero-order valence-electron chi connectivity index (χ0n) is 14.7. The van der Waals surface area contributed by atoms with Crippen molar-refractivity contribution in [2.45, 2.75) is 19.8 Å². The van der Waals surface area contributed by atoms with Gasteiger partial charge in [-0.3, -0.25) is 9.79 Å². The maximum absolute atomic E-state index is 12.0. The van der Waals surface area contributed by atoms with E-state index in [9.17, 15) is 4.79 Å². The minimum atomic E-state index is -0.129. The fraction of sp³-hybridized carbons (Fsp3) is 0.588. The maximum atomic E-state index is 12.0. The first-order valence-corrected chi connectivity index (χ1v) is 8.89. The lowest BCUT2D eigenvalue weighted by Gasteiger charge is -2.33. The Labute approximate surface area is 153 Å². The summed E-state index contributed by atoms with van der Waals surface area (Å²) in [6, 6.07) is 3.49. The van der Waals surface area contributed by atoms with Crippen LogP contribution in [0.5, 0.6) is 5.88 Å². The van der Waals surface area contributed by atoms with Gasteiger partial charge in [-0.05, 0) is 31.9 Å². The second-order valence-corrected chi connectivity index (χ2v) is 6.06. The second-order valence-electron chi connectivity index (χ2n) is 5.65. The Morgan fingerprint density at radius 1 is 1.56 bits per heavy atom. The van der Waals surface area contributed by atoms with Gasteiger partial charge in [0.15, 0.2) is 5.96 Å². The Hall–Kier alpha value is -2.02. The van der Waals surface area contributed by atoms with Gasteiger partial charge in [0, 0.05) is 26.3 Å². The predicted molar refractivity (Wildman–Crippen MR) is 97.0 cm³/mol. The van der Waals surface area contributed by atoms with Crippen molar-refractivity contribution in [1.82, 2.24) is 15.2 Å². The molecule has 138 valence electrons. The van der Waals surface area contributed by atoms with E-state index < -0.39 is 0 Å². The highest BCUT2D eigenvalue weighted by molar-refractivity contribution is 6.31. The molecule has 2 heterocycles. The first-order valence-electron chi connectivity index (χ1n) is 8.51. The summed E-state index contributed by atoms with van der Waals surface area (Å²) < 4.78 is 10.7. The number of piperidine rings is 1. The van der Waals surface area contributed by atoms with E-state index in [0.717, 1.165) is 25.3 Å². The molecule has 0 saturated carbocycles. The van der Waals surface area contributed by atoms with Crippen molar-refractivity contribution in [3.05, 3.63) is 23.4 Å². The molecule has 7 nitrogen and oxygen atoms in total. The molecule has 25 heavy (non-hydrogen) atoms. The molecule has 0 unspecified atom stereocenters. The third kappa shape index (κ3) is 5.77. The van der Waals surface area contributed by atoms with Crippen LogP contribution < -0.4 is 10.1 Å². The van der Waals surface area contributed by atoms with Crippen molar-refractivity contribution in [1.29, 1.82) is 0 Å². The molecule has 0 radical (unpaired) electrons. The number of hydrogen-bond donors (Lipinski definition) is 1. The summed E-state index contributed by atoms with van der Waals surface area (Å²) in [5, 5.41) is 3.73. The molecule has 1 saturated heterocycles. The molecule has 0 aromatic carbocycles. The molecule has 2 rings (SSSR count). The van der Waals surface area contributed by atoms with Crippen LogP contribution >= 0.6 is 11.6 Å². The highest BCUT2D eigenvalue weighted by atomic mass is 35.5. The van der Waals surface area contributed by atoms with Crippen molar-refractivity contribution in [2.75, 3.05) is 39.9 Å². The molecule has 0 aliphatic carbocycles. The summed E-state index contributed by atoms with van der Waals surface area (Å²) >= 11 is 6.00. The van der Waals surface area contributed by atoms with Crippen LogP contribution in [0.2, 0.25) is 5.02 Å². The predicted octanol–water partition coefficient (Wildman–Crippen LogP) is 1.96. The Bertz CT molecular complexity index is 597. The average Bonchev–Trinajstić information content (AvgIpc) is 2.63. The number of esters is 1. The third-order valence-corrected chi connectivity index (χ3v) is 4.19. The molecule has 1 aromatic heterocycles. The number of nitrogens with one attached hydrogen (secondary N) is 1. The van der Waals surface area contributed by atoms with Gasteiger partial charge in [-0.25, -0.2) is 4.98 Å². The fourth-order valence-corrected chi connectivity index (χ4v) is 2.92. The number of aromatic nitrogens is 1. The Balaban J connectivity index is 1.79. The van der Waals surface area contributed by atoms with Crippen LogP contribution in [0.3, 0.4) is 0 Å². The van der Waals surface area contributed by atoms with E-state index in [2.05, 4.69) is 20.2 Å². The van der Waals surface area contributed by atoms with Crippen molar-refractivity contribution < 1.29 is 14.3 Å². The summed E-state index contributed by atoms with van der Waals surface area (Å²) in [5.41, 5.74) is 0. The number of carbonyl (C=O) groups is 1. The molecule has 1 aliphatic rings. The van der Waals surface area contributed by atoms with Crippen LogP contribution in [0, 0.1) is 5.92 Å². The Kier molecular flexibility index (Phi) is 7.78. The number of likely N-dealkylation sites (tertiary alicyclic amines) is 1. The largest absolute Gasteiger partial charge is 0.475 e. The van der Waals surface area contributed by atoms with E-state index >= 15 is 0 Å². The summed E-state index contributed by atoms with van der Waals surface area (Å²) in [6.45, 7) is 4.68. The number of guanidine groups is 1. The first kappa shape index (κ1) is 19.3. The van der Waals surface area contributed by atoms with E-state index in [1.807, 2.05) is 6.92 Å². The van der Waals surface area contributed by atoms with Gasteiger partial charge in [0.2, 0.25) is 5.88 Å². The van der Waals surface area contributed by atoms with Gasteiger partial charge in [0.1, 0.15) is 11.6 Å². The molecule has 0 spiro atoms. The molecule has 1 fully saturated rings. The van der Waals surface area contributed by atoms with Gasteiger partial charge in [-0.2, -0.15) is 0 Å². The molecule has 0 bridgehead atoms. The molecule has 1 N–H and O–H groups in total. The van der Waals surface area contributed by atoms with E-state index in [1.54, 1.807) is 25.4 Å². The maximum Gasteiger partial charge on any atom is 0.310 e. The van der Waals surface area contributed by atoms with Crippen LogP contribution in [0.4, 0.5) is 0 Å². The number of hydrogen-bond acceptors (Lipinski definition) is 5. The van der Waals surface area contributed by atoms with Gasteiger partial charge in [0.05, 0.1) is 19.1 Å². The van der Waals surface area contributed by atoms with Gasteiger partial charge < -0.3 is 19.7 Å². The number of ether oxygens (including phenoxy) is 2. The van der Waals surface area contributed by atoms with E-state index in [0.29, 0.717) is 37.2 Å². The lowest BCUT2D eigenvalue weighted by molar-refractivity contribution is -0.149. The monoisotopic (exact) mass is 368 g/mol. The van der Waals surface area contributed by atoms with E-state index in [4.69, 9.17) is 21.1 Å². The Morgan fingerprint density at radius 2 is 2.40 bits per heavy atom. The summed E-state index contributed by atoms with van der Waals surface area (Å²) in [7, 11) is 1.73. The molecule has 0 amide bonds. The van der Waals surface area contributed by atoms with Gasteiger partial charge in [0.25, 0.3) is 0 Å². The topological polar surface area (TPSA) is 76.0 Å². The van der Waals surface area contributed by atoms with Crippen molar-refractivity contribution in [3.63, 3.8) is 0 Å². The Morgan fingerprint density at radius 3 is 3.12 bits per heavy atom. The van der Waals surface area contributed by atoms with Crippen LogP contribution in [-0.2, 0) is 9.53 Å². The first-order chi connectivity index (χ1) is 12.2. The van der Waals surface area contributed by atoms with Gasteiger partial charge in [-0.1, -0.05) is 11.6 Å². The summed E-state index contributed by atoms with van der Waals surface area (Å²) in [5.74, 6) is 0.942. The van der Waals surface area contributed by atoms with Crippen LogP contribution in [-0.4, -0.2) is 61.7 Å². The van der Waals surface area contributed by atoms with Crippen LogP contribution in [0.25, 0.3) is 0 Å². The summed E-state index contributed by atoms with van der Waals surface area (Å²) in [6.07, 6.45) is 3.43. The number of pyridine rings is 1. The minimum Gasteiger partial charge on any atom is -0.475 e. The number of aliphatic imine (C=N–C) groups is 1. The van der Waals surface area contributed by atoms with Crippen molar-refractivity contribution >= 4 is 23.5 Å². The normalized spacial score (nSPS) is 18.0. The van der Waals surface area contributed by atoms with E-state index in [1.165, 1.54) is 0 Å². The summed E-state index contributed by atoms with van der Waals surface area (Å²) in [4.78, 5) is 22.4. The van der Waals surface area contributed by atoms with Crippen LogP contribution in [0.15, 0.2) is 23.3 Å². The SMILES string of the molecule is CCOC(=O)[C@H]1CCCN(C(=NC)NCCOc2ncccc2Cl)C1. The third-order valence-electron chi connectivity index (χ3n) is 3.90. The quantitative estimate of drug-likeness (QED) is 0.358. The number of nitrogens with zero attached hydrogens (tertiary/aromatic N) is 3. The number of carbonyl (C=O) groups excluding carboxylic acids is 1. The minimum absolute atomic E-state index is 0.101. The molecule has 8 heteroatoms. The second kappa shape index (κ2) is 10.1. The smallest absolute Gasteiger partial charge is 0.310 e. The highest BCUT2D eigenvalue weighted by Crippen LogP contribution is 2.20. The van der Waals surface area contributed by atoms with Crippen molar-refractivity contribution in [2.24, 2.45) is 10.9 Å². The average molecular weight is 369 g/mol. The number of halogens is 1. The van der Waals surface area contributed by atoms with Gasteiger partial charge >= 0.3 is 5.97 Å². The van der Waals surface area contributed by atoms with Crippen LogP contribution in [0.1, 0.15) is 19.8 Å². The zero-order chi connectivity index (χ0) is 18.1. The standard InChI is InChI=1S/C17H25ClN4O3/c1-3-24-16(23)13-6-5-10-22(12-13)17(19-2)21-9-11-25-15-14(18)7-4-8-20-15/h4,7-8,13H,3,5-6,9-12H2,1-2H3,(H,19,21)/t13-/m0/s1.